The summed E-state index contributed by atoms with van der Waals surface area (Å²) in [6, 6.07) is 11.5. The third-order valence-electron chi connectivity index (χ3n) is 4.23. The van der Waals surface area contributed by atoms with Crippen molar-refractivity contribution in [3.8, 4) is 5.75 Å². The first-order valence-corrected chi connectivity index (χ1v) is 8.36. The van der Waals surface area contributed by atoms with Gasteiger partial charge < -0.3 is 15.4 Å². The van der Waals surface area contributed by atoms with Crippen molar-refractivity contribution >= 4 is 46.1 Å². The normalized spacial score (nSPS) is 16.1. The van der Waals surface area contributed by atoms with Crippen LogP contribution in [0.5, 0.6) is 5.75 Å². The number of anilines is 2. The van der Waals surface area contributed by atoms with Gasteiger partial charge in [0, 0.05) is 5.02 Å². The van der Waals surface area contributed by atoms with Gasteiger partial charge in [0.1, 0.15) is 11.8 Å². The molecule has 132 valence electrons. The van der Waals surface area contributed by atoms with E-state index in [0.29, 0.717) is 27.9 Å². The van der Waals surface area contributed by atoms with E-state index in [1.807, 2.05) is 24.3 Å². The molecule has 2 N–H and O–H groups in total. The monoisotopic (exact) mass is 370 g/mol. The van der Waals surface area contributed by atoms with Crippen molar-refractivity contribution in [1.82, 2.24) is 9.55 Å². The van der Waals surface area contributed by atoms with Gasteiger partial charge in [-0.15, -0.1) is 0 Å². The number of fused-ring (bicyclic) bond motifs is 3. The number of aromatic nitrogens is 2. The van der Waals surface area contributed by atoms with Gasteiger partial charge in [-0.05, 0) is 30.3 Å². The molecule has 0 fully saturated rings. The van der Waals surface area contributed by atoms with E-state index in [1.54, 1.807) is 18.2 Å². The fourth-order valence-electron chi connectivity index (χ4n) is 3.00. The number of amides is 1. The molecule has 2 aromatic carbocycles. The summed E-state index contributed by atoms with van der Waals surface area (Å²) in [5.74, 6) is 0.292. The van der Waals surface area contributed by atoms with Crippen LogP contribution in [0.25, 0.3) is 11.0 Å². The summed E-state index contributed by atoms with van der Waals surface area (Å²) < 4.78 is 6.73. The zero-order chi connectivity index (χ0) is 18.3. The van der Waals surface area contributed by atoms with Gasteiger partial charge in [0.25, 0.3) is 0 Å². The van der Waals surface area contributed by atoms with Crippen LogP contribution in [0.2, 0.25) is 5.02 Å². The first kappa shape index (κ1) is 16.4. The number of halogens is 1. The van der Waals surface area contributed by atoms with Gasteiger partial charge in [-0.2, -0.15) is 0 Å². The maximum absolute atomic E-state index is 12.7. The predicted octanol–water partition coefficient (Wildman–Crippen LogP) is 3.16. The molecule has 3 aromatic rings. The zero-order valence-electron chi connectivity index (χ0n) is 13.8. The molecule has 1 aliphatic rings. The van der Waals surface area contributed by atoms with Crippen LogP contribution in [0.4, 0.5) is 11.6 Å². The van der Waals surface area contributed by atoms with Crippen molar-refractivity contribution in [2.24, 2.45) is 0 Å². The van der Waals surface area contributed by atoms with E-state index in [2.05, 4.69) is 15.6 Å². The minimum absolute atomic E-state index is 0.0159. The number of nitrogens with zero attached hydrogens (tertiary/aromatic N) is 2. The Bertz CT molecular complexity index is 1030. The van der Waals surface area contributed by atoms with Crippen LogP contribution < -0.4 is 15.4 Å². The van der Waals surface area contributed by atoms with Gasteiger partial charge in [-0.25, -0.2) is 9.55 Å². The second kappa shape index (κ2) is 6.34. The molecule has 0 saturated heterocycles. The van der Waals surface area contributed by atoms with Crippen molar-refractivity contribution in [3.63, 3.8) is 0 Å². The van der Waals surface area contributed by atoms with Crippen LogP contribution in [0.3, 0.4) is 0 Å². The summed E-state index contributed by atoms with van der Waals surface area (Å²) >= 11 is 5.99. The highest BCUT2D eigenvalue weighted by molar-refractivity contribution is 6.31. The first-order valence-electron chi connectivity index (χ1n) is 7.98. The number of benzene rings is 2. The number of nitrogens with one attached hydrogen (secondary N) is 2. The zero-order valence-corrected chi connectivity index (χ0v) is 14.6. The summed E-state index contributed by atoms with van der Waals surface area (Å²) in [7, 11) is 1.50. The molecular weight excluding hydrogens is 356 g/mol. The van der Waals surface area contributed by atoms with Gasteiger partial charge in [0.2, 0.25) is 17.8 Å². The lowest BCUT2D eigenvalue weighted by Crippen LogP contribution is -2.42. The number of hydrogen-bond acceptors (Lipinski definition) is 5. The Morgan fingerprint density at radius 1 is 1.35 bits per heavy atom. The highest BCUT2D eigenvalue weighted by Gasteiger charge is 2.32. The third-order valence-corrected chi connectivity index (χ3v) is 4.46. The Morgan fingerprint density at radius 2 is 2.15 bits per heavy atom. The highest BCUT2D eigenvalue weighted by Crippen LogP contribution is 2.29. The second-order valence-corrected chi connectivity index (χ2v) is 6.32. The number of carbonyl (C=O) groups is 2. The van der Waals surface area contributed by atoms with Crippen molar-refractivity contribution in [3.05, 3.63) is 47.5 Å². The van der Waals surface area contributed by atoms with Gasteiger partial charge >= 0.3 is 0 Å². The summed E-state index contributed by atoms with van der Waals surface area (Å²) in [5, 5.41) is 6.26. The average Bonchev–Trinajstić information content (AvgIpc) is 3.00. The van der Waals surface area contributed by atoms with Crippen molar-refractivity contribution < 1.29 is 14.3 Å². The molecule has 0 aliphatic carbocycles. The number of para-hydroxylation sites is 2. The number of carbonyl (C=O) groups excluding carboxylic acids is 2. The maximum Gasteiger partial charge on any atom is 0.247 e. The van der Waals surface area contributed by atoms with Crippen molar-refractivity contribution in [2.75, 3.05) is 17.7 Å². The number of imidazole rings is 1. The quantitative estimate of drug-likeness (QED) is 0.739. The molecule has 1 aromatic heterocycles. The molecule has 7 nitrogen and oxygen atoms in total. The van der Waals surface area contributed by atoms with Gasteiger partial charge in [0.15, 0.2) is 0 Å². The minimum atomic E-state index is -0.740. The summed E-state index contributed by atoms with van der Waals surface area (Å²) in [6.07, 6.45) is 0.0159. The number of ether oxygens (including phenoxy) is 1. The molecule has 1 aliphatic heterocycles. The molecule has 4 rings (SSSR count). The smallest absolute Gasteiger partial charge is 0.247 e. The third kappa shape index (κ3) is 2.76. The average molecular weight is 371 g/mol. The standard InChI is InChI=1S/C18H15ClN4O3/c1-26-15-7-6-10(19)8-12(15)20-17(25)13-9-16(24)23-14-5-3-2-4-11(14)21-18(23)22-13/h2-8,13H,9H2,1H3,(H,20,25)(H,21,22)/t13-/m1/s1. The minimum Gasteiger partial charge on any atom is -0.495 e. The number of rotatable bonds is 3. The fourth-order valence-corrected chi connectivity index (χ4v) is 3.18. The molecule has 0 spiro atoms. The molecule has 0 saturated carbocycles. The lowest BCUT2D eigenvalue weighted by molar-refractivity contribution is -0.117. The first-order chi connectivity index (χ1) is 12.6. The van der Waals surface area contributed by atoms with E-state index in [0.717, 1.165) is 5.52 Å². The molecule has 2 heterocycles. The molecular formula is C18H15ClN4O3. The molecule has 1 atom stereocenters. The molecule has 0 bridgehead atoms. The SMILES string of the molecule is COc1ccc(Cl)cc1NC(=O)[C@H]1CC(=O)n2c(nc3ccccc32)N1. The summed E-state index contributed by atoms with van der Waals surface area (Å²) in [6.45, 7) is 0. The van der Waals surface area contributed by atoms with Crippen LogP contribution in [-0.4, -0.2) is 34.5 Å². The van der Waals surface area contributed by atoms with Crippen LogP contribution in [-0.2, 0) is 4.79 Å². The van der Waals surface area contributed by atoms with Crippen LogP contribution in [0.15, 0.2) is 42.5 Å². The lowest BCUT2D eigenvalue weighted by atomic mass is 10.1. The van der Waals surface area contributed by atoms with Crippen LogP contribution >= 0.6 is 11.6 Å². The van der Waals surface area contributed by atoms with E-state index >= 15 is 0 Å². The Kier molecular flexibility index (Phi) is 4.00. The molecule has 0 unspecified atom stereocenters. The molecule has 26 heavy (non-hydrogen) atoms. The molecule has 8 heteroatoms. The lowest BCUT2D eigenvalue weighted by Gasteiger charge is -2.24. The van der Waals surface area contributed by atoms with Gasteiger partial charge in [-0.3, -0.25) is 9.59 Å². The largest absolute Gasteiger partial charge is 0.495 e. The summed E-state index contributed by atoms with van der Waals surface area (Å²) in [4.78, 5) is 29.6. The molecule has 0 radical (unpaired) electrons. The Balaban J connectivity index is 1.61. The predicted molar refractivity (Wildman–Crippen MR) is 99.0 cm³/mol. The number of hydrogen-bond donors (Lipinski definition) is 2. The topological polar surface area (TPSA) is 85.2 Å². The van der Waals surface area contributed by atoms with Crippen molar-refractivity contribution in [2.45, 2.75) is 12.5 Å². The van der Waals surface area contributed by atoms with Gasteiger partial charge in [-0.1, -0.05) is 23.7 Å². The van der Waals surface area contributed by atoms with E-state index in [9.17, 15) is 9.59 Å². The van der Waals surface area contributed by atoms with Crippen molar-refractivity contribution in [1.29, 1.82) is 0 Å². The van der Waals surface area contributed by atoms with E-state index in [4.69, 9.17) is 16.3 Å². The number of methoxy groups -OCH3 is 1. The van der Waals surface area contributed by atoms with Crippen LogP contribution in [0.1, 0.15) is 11.2 Å². The van der Waals surface area contributed by atoms with Crippen LogP contribution in [0, 0.1) is 0 Å². The van der Waals surface area contributed by atoms with E-state index in [-0.39, 0.29) is 18.2 Å². The Labute approximate surface area is 153 Å². The fraction of sp³-hybridized carbons (Fsp3) is 0.167. The Hall–Kier alpha value is -3.06. The maximum atomic E-state index is 12.7. The summed E-state index contributed by atoms with van der Waals surface area (Å²) in [5.41, 5.74) is 1.86. The van der Waals surface area contributed by atoms with E-state index < -0.39 is 6.04 Å². The second-order valence-electron chi connectivity index (χ2n) is 5.89. The highest BCUT2D eigenvalue weighted by atomic mass is 35.5. The van der Waals surface area contributed by atoms with E-state index in [1.165, 1.54) is 11.7 Å². The van der Waals surface area contributed by atoms with Gasteiger partial charge in [0.05, 0.1) is 30.3 Å². The Morgan fingerprint density at radius 3 is 2.96 bits per heavy atom. The molecule has 1 amide bonds.